The maximum Gasteiger partial charge on any atom is 0.337 e. The SMILES string of the molecule is O=C(CCCC1CCCc2c(OC(=O)CO)cccc21)NC(c1ccccc1)c1ccccc1. The van der Waals surface area contributed by atoms with Crippen molar-refractivity contribution in [2.45, 2.75) is 50.5 Å². The number of amides is 1. The molecule has 2 N–H and O–H groups in total. The Morgan fingerprint density at radius 3 is 2.26 bits per heavy atom. The summed E-state index contributed by atoms with van der Waals surface area (Å²) in [6.45, 7) is -0.630. The van der Waals surface area contributed by atoms with Crippen LogP contribution in [0.15, 0.2) is 78.9 Å². The van der Waals surface area contributed by atoms with Crippen molar-refractivity contribution in [2.24, 2.45) is 0 Å². The van der Waals surface area contributed by atoms with Crippen molar-refractivity contribution in [3.05, 3.63) is 101 Å². The fourth-order valence-electron chi connectivity index (χ4n) is 4.86. The maximum absolute atomic E-state index is 12.9. The molecule has 0 saturated carbocycles. The first-order chi connectivity index (χ1) is 16.7. The first kappa shape index (κ1) is 23.7. The molecule has 5 heteroatoms. The second-order valence-corrected chi connectivity index (χ2v) is 8.76. The van der Waals surface area contributed by atoms with E-state index < -0.39 is 12.6 Å². The highest BCUT2D eigenvalue weighted by Crippen LogP contribution is 2.39. The fraction of sp³-hybridized carbons (Fsp3) is 0.310. The van der Waals surface area contributed by atoms with Gasteiger partial charge in [-0.3, -0.25) is 4.79 Å². The molecule has 0 radical (unpaired) electrons. The van der Waals surface area contributed by atoms with Crippen molar-refractivity contribution >= 4 is 11.9 Å². The summed E-state index contributed by atoms with van der Waals surface area (Å²) in [6, 6.07) is 25.7. The highest BCUT2D eigenvalue weighted by atomic mass is 16.5. The predicted octanol–water partition coefficient (Wildman–Crippen LogP) is 5.08. The summed E-state index contributed by atoms with van der Waals surface area (Å²) in [5.74, 6) is 0.286. The first-order valence-electron chi connectivity index (χ1n) is 12.0. The van der Waals surface area contributed by atoms with E-state index in [1.807, 2.05) is 66.7 Å². The number of aliphatic hydroxyl groups is 1. The third-order valence-corrected chi connectivity index (χ3v) is 6.47. The van der Waals surface area contributed by atoms with Crippen molar-refractivity contribution in [1.82, 2.24) is 5.32 Å². The van der Waals surface area contributed by atoms with Crippen LogP contribution < -0.4 is 10.1 Å². The van der Waals surface area contributed by atoms with Crippen molar-refractivity contribution in [3.8, 4) is 5.75 Å². The number of rotatable bonds is 9. The van der Waals surface area contributed by atoms with Crippen molar-refractivity contribution in [2.75, 3.05) is 6.61 Å². The van der Waals surface area contributed by atoms with Gasteiger partial charge >= 0.3 is 5.97 Å². The lowest BCUT2D eigenvalue weighted by atomic mass is 9.80. The minimum absolute atomic E-state index is 0.0411. The van der Waals surface area contributed by atoms with Gasteiger partial charge in [-0.05, 0) is 66.3 Å². The average molecular weight is 458 g/mol. The van der Waals surface area contributed by atoms with Gasteiger partial charge in [0.05, 0.1) is 6.04 Å². The number of ether oxygens (including phenoxy) is 1. The number of esters is 1. The van der Waals surface area contributed by atoms with E-state index >= 15 is 0 Å². The predicted molar refractivity (Wildman–Crippen MR) is 132 cm³/mol. The normalized spacial score (nSPS) is 14.9. The summed E-state index contributed by atoms with van der Waals surface area (Å²) >= 11 is 0. The molecule has 0 aromatic heterocycles. The van der Waals surface area contributed by atoms with Crippen molar-refractivity contribution in [1.29, 1.82) is 0 Å². The van der Waals surface area contributed by atoms with E-state index in [1.165, 1.54) is 5.56 Å². The summed E-state index contributed by atoms with van der Waals surface area (Å²) in [4.78, 5) is 24.5. The molecule has 176 valence electrons. The van der Waals surface area contributed by atoms with Gasteiger partial charge in [-0.25, -0.2) is 4.79 Å². The smallest absolute Gasteiger partial charge is 0.337 e. The van der Waals surface area contributed by atoms with Gasteiger partial charge < -0.3 is 15.2 Å². The molecule has 0 saturated heterocycles. The number of carbonyl (C=O) groups is 2. The Morgan fingerprint density at radius 2 is 1.62 bits per heavy atom. The van der Waals surface area contributed by atoms with Crippen molar-refractivity contribution < 1.29 is 19.4 Å². The molecule has 34 heavy (non-hydrogen) atoms. The van der Waals surface area contributed by atoms with Crippen LogP contribution in [0.5, 0.6) is 5.75 Å². The number of nitrogens with one attached hydrogen (secondary N) is 1. The van der Waals surface area contributed by atoms with Gasteiger partial charge in [0.25, 0.3) is 0 Å². The highest BCUT2D eigenvalue weighted by Gasteiger charge is 2.24. The quantitative estimate of drug-likeness (QED) is 0.347. The standard InChI is InChI=1S/C29H31NO4/c31-20-28(33)34-26-18-9-16-24-21(14-7-17-25(24)26)15-8-19-27(32)30-29(22-10-3-1-4-11-22)23-12-5-2-6-13-23/h1-6,9-13,16,18,21,29,31H,7-8,14-15,17,19-20H2,(H,30,32). The molecule has 0 spiro atoms. The number of aliphatic hydroxyl groups excluding tert-OH is 1. The second-order valence-electron chi connectivity index (χ2n) is 8.76. The lowest BCUT2D eigenvalue weighted by Crippen LogP contribution is -2.29. The topological polar surface area (TPSA) is 75.6 Å². The van der Waals surface area contributed by atoms with Crippen molar-refractivity contribution in [3.63, 3.8) is 0 Å². The minimum atomic E-state index is -0.640. The van der Waals surface area contributed by atoms with Gasteiger partial charge in [0.2, 0.25) is 5.91 Å². The van der Waals surface area contributed by atoms with Crippen LogP contribution >= 0.6 is 0 Å². The second kappa shape index (κ2) is 11.6. The Labute approximate surface area is 200 Å². The number of hydrogen-bond acceptors (Lipinski definition) is 4. The Bertz CT molecular complexity index is 1060. The van der Waals surface area contributed by atoms with Crippen LogP contribution in [0.3, 0.4) is 0 Å². The molecule has 1 aliphatic rings. The third-order valence-electron chi connectivity index (χ3n) is 6.47. The van der Waals surface area contributed by atoms with Crippen LogP contribution in [-0.4, -0.2) is 23.6 Å². The third kappa shape index (κ3) is 5.91. The zero-order valence-electron chi connectivity index (χ0n) is 19.3. The molecule has 3 aromatic rings. The summed E-state index contributed by atoms with van der Waals surface area (Å²) in [7, 11) is 0. The zero-order chi connectivity index (χ0) is 23.8. The molecule has 1 unspecified atom stereocenters. The van der Waals surface area contributed by atoms with Gasteiger partial charge in [0.1, 0.15) is 12.4 Å². The highest BCUT2D eigenvalue weighted by molar-refractivity contribution is 5.77. The minimum Gasteiger partial charge on any atom is -0.425 e. The average Bonchev–Trinajstić information content (AvgIpc) is 2.88. The molecule has 0 aliphatic heterocycles. The molecular formula is C29H31NO4. The van der Waals surface area contributed by atoms with E-state index in [2.05, 4.69) is 11.4 Å². The van der Waals surface area contributed by atoms with Gasteiger partial charge in [-0.15, -0.1) is 0 Å². The number of hydrogen-bond donors (Lipinski definition) is 2. The van der Waals surface area contributed by atoms with Crippen LogP contribution in [0.4, 0.5) is 0 Å². The molecule has 1 atom stereocenters. The Kier molecular flexibility index (Phi) is 8.10. The van der Waals surface area contributed by atoms with Gasteiger partial charge in [0.15, 0.2) is 0 Å². The maximum atomic E-state index is 12.9. The van der Waals surface area contributed by atoms with Crippen LogP contribution in [0.1, 0.15) is 66.3 Å². The summed E-state index contributed by atoms with van der Waals surface area (Å²) < 4.78 is 5.33. The van der Waals surface area contributed by atoms with Crippen LogP contribution in [0, 0.1) is 0 Å². The number of fused-ring (bicyclic) bond motifs is 1. The molecule has 0 bridgehead atoms. The molecule has 4 rings (SSSR count). The Hall–Kier alpha value is -3.44. The van der Waals surface area contributed by atoms with E-state index in [9.17, 15) is 9.59 Å². The molecule has 1 aliphatic carbocycles. The summed E-state index contributed by atoms with van der Waals surface area (Å²) in [5.41, 5.74) is 4.38. The van der Waals surface area contributed by atoms with Gasteiger partial charge in [-0.2, -0.15) is 0 Å². The van der Waals surface area contributed by atoms with E-state index in [4.69, 9.17) is 9.84 Å². The molecule has 3 aromatic carbocycles. The molecular weight excluding hydrogens is 426 g/mol. The molecule has 0 fully saturated rings. The lowest BCUT2D eigenvalue weighted by molar-refractivity contribution is -0.137. The lowest BCUT2D eigenvalue weighted by Gasteiger charge is -2.27. The van der Waals surface area contributed by atoms with Crippen LogP contribution in [0.25, 0.3) is 0 Å². The van der Waals surface area contributed by atoms with E-state index in [1.54, 1.807) is 6.07 Å². The van der Waals surface area contributed by atoms with E-state index in [0.717, 1.165) is 48.8 Å². The largest absolute Gasteiger partial charge is 0.425 e. The van der Waals surface area contributed by atoms with Gasteiger partial charge in [0, 0.05) is 6.42 Å². The van der Waals surface area contributed by atoms with Crippen LogP contribution in [-0.2, 0) is 16.0 Å². The molecule has 0 heterocycles. The first-order valence-corrected chi connectivity index (χ1v) is 12.0. The van der Waals surface area contributed by atoms with E-state index in [-0.39, 0.29) is 11.9 Å². The van der Waals surface area contributed by atoms with Gasteiger partial charge in [-0.1, -0.05) is 72.8 Å². The Balaban J connectivity index is 1.38. The van der Waals surface area contributed by atoms with E-state index in [0.29, 0.717) is 18.1 Å². The number of carbonyl (C=O) groups excluding carboxylic acids is 2. The van der Waals surface area contributed by atoms with Crippen LogP contribution in [0.2, 0.25) is 0 Å². The summed E-state index contributed by atoms with van der Waals surface area (Å²) in [6.07, 6.45) is 5.08. The summed E-state index contributed by atoms with van der Waals surface area (Å²) in [5, 5.41) is 12.2. The monoisotopic (exact) mass is 457 g/mol. The molecule has 5 nitrogen and oxygen atoms in total. The fourth-order valence-corrected chi connectivity index (χ4v) is 4.86. The Morgan fingerprint density at radius 1 is 0.941 bits per heavy atom. The number of benzene rings is 3. The molecule has 1 amide bonds. The zero-order valence-corrected chi connectivity index (χ0v) is 19.3.